The van der Waals surface area contributed by atoms with Gasteiger partial charge < -0.3 is 15.3 Å². The van der Waals surface area contributed by atoms with Crippen molar-refractivity contribution in [3.05, 3.63) is 54.6 Å². The molecule has 8 heteroatoms. The van der Waals surface area contributed by atoms with Crippen molar-refractivity contribution in [1.82, 2.24) is 4.31 Å². The highest BCUT2D eigenvalue weighted by Crippen LogP contribution is 2.27. The van der Waals surface area contributed by atoms with Gasteiger partial charge >= 0.3 is 0 Å². The quantitative estimate of drug-likeness (QED) is 0.599. The van der Waals surface area contributed by atoms with E-state index in [1.54, 1.807) is 31.0 Å². The summed E-state index contributed by atoms with van der Waals surface area (Å²) in [6.45, 7) is 2.07. The molecule has 7 nitrogen and oxygen atoms in total. The summed E-state index contributed by atoms with van der Waals surface area (Å²) < 4.78 is 27.4. The fraction of sp³-hybridized carbons (Fsp3) is 0.458. The Morgan fingerprint density at radius 1 is 1.06 bits per heavy atom. The molecule has 174 valence electrons. The number of nitrogens with one attached hydrogen (secondary N) is 1. The molecule has 0 bridgehead atoms. The van der Waals surface area contributed by atoms with Crippen molar-refractivity contribution in [2.24, 2.45) is 0 Å². The SMILES string of the molecule is CC(O)CN(CC(=O)Nc1ccc(S(=O)(=O)N(C)C2CCCCC2)cc1)c1ccccc1. The van der Waals surface area contributed by atoms with Crippen LogP contribution in [0.1, 0.15) is 39.0 Å². The van der Waals surface area contributed by atoms with E-state index in [-0.39, 0.29) is 23.4 Å². The number of nitrogens with zero attached hydrogens (tertiary/aromatic N) is 2. The van der Waals surface area contributed by atoms with Crippen molar-refractivity contribution in [2.75, 3.05) is 30.4 Å². The molecule has 1 fully saturated rings. The maximum atomic E-state index is 13.0. The minimum absolute atomic E-state index is 0.0472. The number of amides is 1. The minimum atomic E-state index is -3.57. The number of hydrogen-bond acceptors (Lipinski definition) is 5. The first-order chi connectivity index (χ1) is 15.3. The van der Waals surface area contributed by atoms with Gasteiger partial charge in [-0.15, -0.1) is 0 Å². The molecule has 1 aliphatic rings. The molecule has 1 saturated carbocycles. The summed E-state index contributed by atoms with van der Waals surface area (Å²) >= 11 is 0. The largest absolute Gasteiger partial charge is 0.392 e. The van der Waals surface area contributed by atoms with E-state index in [4.69, 9.17) is 0 Å². The Morgan fingerprint density at radius 2 is 1.69 bits per heavy atom. The molecule has 1 aliphatic carbocycles. The van der Waals surface area contributed by atoms with E-state index in [0.717, 1.165) is 37.8 Å². The first kappa shape index (κ1) is 24.2. The number of rotatable bonds is 9. The van der Waals surface area contributed by atoms with Gasteiger partial charge in [-0.05, 0) is 56.2 Å². The summed E-state index contributed by atoms with van der Waals surface area (Å²) in [4.78, 5) is 14.6. The normalized spacial score (nSPS) is 16.0. The molecular weight excluding hydrogens is 426 g/mol. The van der Waals surface area contributed by atoms with Crippen LogP contribution in [0.15, 0.2) is 59.5 Å². The summed E-state index contributed by atoms with van der Waals surface area (Å²) in [6.07, 6.45) is 4.49. The maximum absolute atomic E-state index is 13.0. The lowest BCUT2D eigenvalue weighted by atomic mass is 9.96. The maximum Gasteiger partial charge on any atom is 0.243 e. The van der Waals surface area contributed by atoms with E-state index < -0.39 is 16.1 Å². The molecule has 1 amide bonds. The van der Waals surface area contributed by atoms with Crippen molar-refractivity contribution in [3.63, 3.8) is 0 Å². The number of aliphatic hydroxyl groups is 1. The Kier molecular flexibility index (Phi) is 8.28. The van der Waals surface area contributed by atoms with Crippen LogP contribution in [0.3, 0.4) is 0 Å². The van der Waals surface area contributed by atoms with Gasteiger partial charge in [-0.2, -0.15) is 4.31 Å². The highest BCUT2D eigenvalue weighted by molar-refractivity contribution is 7.89. The second-order valence-corrected chi connectivity index (χ2v) is 10.4. The Bertz CT molecular complexity index is 972. The molecule has 2 N–H and O–H groups in total. The fourth-order valence-electron chi connectivity index (χ4n) is 4.11. The topological polar surface area (TPSA) is 90.0 Å². The van der Waals surface area contributed by atoms with Crippen molar-refractivity contribution >= 4 is 27.3 Å². The number of para-hydroxylation sites is 1. The zero-order chi connectivity index (χ0) is 23.1. The lowest BCUT2D eigenvalue weighted by Crippen LogP contribution is -2.38. The minimum Gasteiger partial charge on any atom is -0.392 e. The average Bonchev–Trinajstić information content (AvgIpc) is 2.79. The van der Waals surface area contributed by atoms with Crippen LogP contribution in [0, 0.1) is 0 Å². The third-order valence-electron chi connectivity index (χ3n) is 5.84. The predicted octanol–water partition coefficient (Wildman–Crippen LogP) is 3.47. The lowest BCUT2D eigenvalue weighted by Gasteiger charge is -2.30. The summed E-state index contributed by atoms with van der Waals surface area (Å²) in [5.41, 5.74) is 1.37. The third-order valence-corrected chi connectivity index (χ3v) is 7.77. The summed E-state index contributed by atoms with van der Waals surface area (Å²) in [5, 5.41) is 12.6. The molecule has 3 rings (SSSR count). The Labute approximate surface area is 191 Å². The number of sulfonamides is 1. The van der Waals surface area contributed by atoms with E-state index >= 15 is 0 Å². The van der Waals surface area contributed by atoms with Gasteiger partial charge in [0, 0.05) is 31.0 Å². The van der Waals surface area contributed by atoms with Gasteiger partial charge in [0.2, 0.25) is 15.9 Å². The van der Waals surface area contributed by atoms with E-state index in [2.05, 4.69) is 5.32 Å². The molecule has 0 spiro atoms. The zero-order valence-corrected chi connectivity index (χ0v) is 19.6. The Balaban J connectivity index is 1.64. The number of carbonyl (C=O) groups excluding carboxylic acids is 1. The predicted molar refractivity (Wildman–Crippen MR) is 127 cm³/mol. The molecule has 0 heterocycles. The van der Waals surface area contributed by atoms with Crippen LogP contribution in [0.4, 0.5) is 11.4 Å². The second kappa shape index (κ2) is 10.9. The molecule has 1 atom stereocenters. The first-order valence-electron chi connectivity index (χ1n) is 11.1. The van der Waals surface area contributed by atoms with Gasteiger partial charge in [-0.3, -0.25) is 4.79 Å². The molecule has 0 saturated heterocycles. The standard InChI is InChI=1S/C24H33N3O4S/c1-19(28)17-27(22-11-7-4-8-12-22)18-24(29)25-20-13-15-23(16-14-20)32(30,31)26(2)21-9-5-3-6-10-21/h4,7-8,11-16,19,21,28H,3,5-6,9-10,17-18H2,1-2H3,(H,25,29). The second-order valence-electron chi connectivity index (χ2n) is 8.45. The van der Waals surface area contributed by atoms with Gasteiger partial charge in [0.1, 0.15) is 0 Å². The molecule has 0 aromatic heterocycles. The van der Waals surface area contributed by atoms with Crippen molar-refractivity contribution in [3.8, 4) is 0 Å². The number of aliphatic hydroxyl groups excluding tert-OH is 1. The van der Waals surface area contributed by atoms with Crippen molar-refractivity contribution < 1.29 is 18.3 Å². The molecule has 0 radical (unpaired) electrons. The first-order valence-corrected chi connectivity index (χ1v) is 12.6. The Morgan fingerprint density at radius 3 is 2.28 bits per heavy atom. The highest BCUT2D eigenvalue weighted by atomic mass is 32.2. The number of anilines is 2. The summed E-state index contributed by atoms with van der Waals surface area (Å²) in [5.74, 6) is -0.246. The van der Waals surface area contributed by atoms with Crippen LogP contribution in [0.25, 0.3) is 0 Å². The zero-order valence-electron chi connectivity index (χ0n) is 18.8. The monoisotopic (exact) mass is 459 g/mol. The molecule has 2 aromatic rings. The summed E-state index contributed by atoms with van der Waals surface area (Å²) in [6, 6.07) is 15.8. The Hall–Kier alpha value is -2.42. The van der Waals surface area contributed by atoms with Gasteiger partial charge in [0.25, 0.3) is 0 Å². The smallest absolute Gasteiger partial charge is 0.243 e. The molecule has 32 heavy (non-hydrogen) atoms. The van der Waals surface area contributed by atoms with E-state index in [1.807, 2.05) is 30.3 Å². The molecule has 1 unspecified atom stereocenters. The van der Waals surface area contributed by atoms with Crippen LogP contribution < -0.4 is 10.2 Å². The van der Waals surface area contributed by atoms with Crippen molar-refractivity contribution in [1.29, 1.82) is 0 Å². The number of carbonyl (C=O) groups is 1. The average molecular weight is 460 g/mol. The van der Waals surface area contributed by atoms with Crippen LogP contribution >= 0.6 is 0 Å². The van der Waals surface area contributed by atoms with Gasteiger partial charge in [0.05, 0.1) is 17.5 Å². The summed E-state index contributed by atoms with van der Waals surface area (Å²) in [7, 11) is -1.91. The van der Waals surface area contributed by atoms with Gasteiger partial charge in [-0.1, -0.05) is 37.5 Å². The highest BCUT2D eigenvalue weighted by Gasteiger charge is 2.29. The van der Waals surface area contributed by atoms with Crippen LogP contribution in [0.5, 0.6) is 0 Å². The van der Waals surface area contributed by atoms with Crippen molar-refractivity contribution in [2.45, 2.75) is 56.1 Å². The molecular formula is C24H33N3O4S. The number of benzene rings is 2. The van der Waals surface area contributed by atoms with Gasteiger partial charge in [-0.25, -0.2) is 8.42 Å². The van der Waals surface area contributed by atoms with E-state index in [9.17, 15) is 18.3 Å². The lowest BCUT2D eigenvalue weighted by molar-refractivity contribution is -0.115. The van der Waals surface area contributed by atoms with Crippen LogP contribution in [0.2, 0.25) is 0 Å². The van der Waals surface area contributed by atoms with Crippen LogP contribution in [-0.4, -0.2) is 56.0 Å². The number of hydrogen-bond donors (Lipinski definition) is 2. The van der Waals surface area contributed by atoms with Crippen LogP contribution in [-0.2, 0) is 14.8 Å². The third kappa shape index (κ3) is 6.31. The molecule has 0 aliphatic heterocycles. The molecule has 2 aromatic carbocycles. The van der Waals surface area contributed by atoms with Gasteiger partial charge in [0.15, 0.2) is 0 Å². The fourth-order valence-corrected chi connectivity index (χ4v) is 5.53. The van der Waals surface area contributed by atoms with E-state index in [0.29, 0.717) is 12.2 Å². The van der Waals surface area contributed by atoms with E-state index in [1.165, 1.54) is 16.4 Å².